The summed E-state index contributed by atoms with van der Waals surface area (Å²) in [4.78, 5) is 49.3. The number of fused-ring (bicyclic) bond motifs is 1. The van der Waals surface area contributed by atoms with Crippen molar-refractivity contribution in [3.8, 4) is 0 Å². The minimum Gasteiger partial charge on any atom is -0.454 e. The Bertz CT molecular complexity index is 742. The van der Waals surface area contributed by atoms with E-state index >= 15 is 0 Å². The zero-order valence-corrected chi connectivity index (χ0v) is 14.4. The van der Waals surface area contributed by atoms with Crippen molar-refractivity contribution in [1.82, 2.24) is 4.90 Å². The normalized spacial score (nSPS) is 16.0. The molecule has 0 unspecified atom stereocenters. The first-order valence-electron chi connectivity index (χ1n) is 8.13. The van der Waals surface area contributed by atoms with E-state index in [0.717, 1.165) is 36.1 Å². The van der Waals surface area contributed by atoms with E-state index in [1.807, 2.05) is 0 Å². The quantitative estimate of drug-likeness (QED) is 0.709. The van der Waals surface area contributed by atoms with Crippen molar-refractivity contribution in [2.24, 2.45) is 5.73 Å². The maximum atomic E-state index is 12.0. The highest BCUT2D eigenvalue weighted by Gasteiger charge is 2.27. The highest BCUT2D eigenvalue weighted by atomic mass is 32.1. The third kappa shape index (κ3) is 3.81. The number of anilines is 1. The monoisotopic (exact) mass is 365 g/mol. The third-order valence-electron chi connectivity index (χ3n) is 4.28. The van der Waals surface area contributed by atoms with Gasteiger partial charge in [-0.2, -0.15) is 0 Å². The molecule has 1 saturated heterocycles. The van der Waals surface area contributed by atoms with Crippen LogP contribution in [-0.2, 0) is 32.0 Å². The predicted molar refractivity (Wildman–Crippen MR) is 90.3 cm³/mol. The molecule has 2 aliphatic rings. The number of primary amides is 1. The number of ether oxygens (including phenoxy) is 1. The zero-order valence-electron chi connectivity index (χ0n) is 13.6. The molecule has 9 heteroatoms. The van der Waals surface area contributed by atoms with Crippen LogP contribution < -0.4 is 11.1 Å². The van der Waals surface area contributed by atoms with Gasteiger partial charge in [0.25, 0.3) is 11.8 Å². The van der Waals surface area contributed by atoms with Crippen LogP contribution in [0.25, 0.3) is 0 Å². The molecule has 0 aromatic carbocycles. The number of thiophene rings is 1. The minimum atomic E-state index is -0.630. The lowest BCUT2D eigenvalue weighted by Gasteiger charge is -2.14. The fraction of sp³-hybridized carbons (Fsp3) is 0.500. The van der Waals surface area contributed by atoms with Gasteiger partial charge in [0, 0.05) is 17.8 Å². The van der Waals surface area contributed by atoms with E-state index in [9.17, 15) is 19.2 Å². The number of hydrogen-bond acceptors (Lipinski definition) is 6. The lowest BCUT2D eigenvalue weighted by molar-refractivity contribution is -0.150. The molecular weight excluding hydrogens is 346 g/mol. The van der Waals surface area contributed by atoms with Gasteiger partial charge in [0.1, 0.15) is 11.5 Å². The summed E-state index contributed by atoms with van der Waals surface area (Å²) < 4.78 is 4.91. The summed E-state index contributed by atoms with van der Waals surface area (Å²) in [6.45, 7) is -0.0869. The molecular formula is C16H19N3O5S. The topological polar surface area (TPSA) is 119 Å². The third-order valence-corrected chi connectivity index (χ3v) is 5.48. The van der Waals surface area contributed by atoms with E-state index < -0.39 is 24.4 Å². The zero-order chi connectivity index (χ0) is 18.0. The van der Waals surface area contributed by atoms with Crippen molar-refractivity contribution in [2.75, 3.05) is 25.0 Å². The van der Waals surface area contributed by atoms with Crippen molar-refractivity contribution in [3.63, 3.8) is 0 Å². The highest BCUT2D eigenvalue weighted by Crippen LogP contribution is 2.38. The number of likely N-dealkylation sites (tertiary alicyclic amines) is 1. The molecule has 1 aromatic rings. The van der Waals surface area contributed by atoms with E-state index in [0.29, 0.717) is 23.5 Å². The minimum absolute atomic E-state index is 0.0828. The Balaban J connectivity index is 1.54. The largest absolute Gasteiger partial charge is 0.454 e. The van der Waals surface area contributed by atoms with E-state index in [1.54, 1.807) is 0 Å². The van der Waals surface area contributed by atoms with E-state index in [1.165, 1.54) is 16.2 Å². The van der Waals surface area contributed by atoms with Crippen LogP contribution in [0.1, 0.15) is 40.1 Å². The number of carbonyl (C=O) groups is 4. The molecule has 0 spiro atoms. The lowest BCUT2D eigenvalue weighted by Crippen LogP contribution is -2.33. The molecule has 0 saturated carbocycles. The molecule has 1 fully saturated rings. The first kappa shape index (κ1) is 17.4. The summed E-state index contributed by atoms with van der Waals surface area (Å²) in [5.41, 5.74) is 6.70. The van der Waals surface area contributed by atoms with Gasteiger partial charge < -0.3 is 20.7 Å². The number of amides is 3. The molecule has 0 bridgehead atoms. The predicted octanol–water partition coefficient (Wildman–Crippen LogP) is 0.440. The molecule has 3 N–H and O–H groups in total. The standard InChI is InChI=1S/C16H19N3O5S/c17-15(23)14-9-3-1-4-10(9)25-16(14)18-11(20)8-24-13(22)7-19-6-2-5-12(19)21/h1-8H2,(H2,17,23)(H,18,20). The second-order valence-corrected chi connectivity index (χ2v) is 7.16. The van der Waals surface area contributed by atoms with Gasteiger partial charge in [-0.05, 0) is 31.2 Å². The Morgan fingerprint density at radius 3 is 2.68 bits per heavy atom. The Hall–Kier alpha value is -2.42. The van der Waals surface area contributed by atoms with Gasteiger partial charge in [0.15, 0.2) is 6.61 Å². The molecule has 1 aliphatic heterocycles. The van der Waals surface area contributed by atoms with Crippen LogP contribution in [0.15, 0.2) is 0 Å². The fourth-order valence-corrected chi connectivity index (χ4v) is 4.45. The van der Waals surface area contributed by atoms with Crippen LogP contribution in [0.5, 0.6) is 0 Å². The van der Waals surface area contributed by atoms with Gasteiger partial charge in [-0.1, -0.05) is 0 Å². The average molecular weight is 365 g/mol. The van der Waals surface area contributed by atoms with Gasteiger partial charge >= 0.3 is 5.97 Å². The first-order chi connectivity index (χ1) is 12.0. The van der Waals surface area contributed by atoms with Crippen LogP contribution in [0.2, 0.25) is 0 Å². The van der Waals surface area contributed by atoms with E-state index in [-0.39, 0.29) is 12.5 Å². The summed E-state index contributed by atoms with van der Waals surface area (Å²) >= 11 is 1.34. The number of nitrogens with two attached hydrogens (primary N) is 1. The smallest absolute Gasteiger partial charge is 0.326 e. The molecule has 2 heterocycles. The van der Waals surface area contributed by atoms with Gasteiger partial charge in [-0.15, -0.1) is 11.3 Å². The molecule has 0 radical (unpaired) electrons. The molecule has 1 aliphatic carbocycles. The fourth-order valence-electron chi connectivity index (χ4n) is 3.13. The molecule has 0 atom stereocenters. The summed E-state index contributed by atoms with van der Waals surface area (Å²) in [7, 11) is 0. The number of rotatable bonds is 6. The van der Waals surface area contributed by atoms with Crippen molar-refractivity contribution in [1.29, 1.82) is 0 Å². The molecule has 3 amide bonds. The number of esters is 1. The van der Waals surface area contributed by atoms with E-state index in [2.05, 4.69) is 5.32 Å². The molecule has 1 aromatic heterocycles. The Morgan fingerprint density at radius 1 is 1.20 bits per heavy atom. The Morgan fingerprint density at radius 2 is 2.00 bits per heavy atom. The first-order valence-corrected chi connectivity index (χ1v) is 8.95. The van der Waals surface area contributed by atoms with Crippen LogP contribution in [0.4, 0.5) is 5.00 Å². The van der Waals surface area contributed by atoms with Crippen LogP contribution in [0.3, 0.4) is 0 Å². The van der Waals surface area contributed by atoms with E-state index in [4.69, 9.17) is 10.5 Å². The van der Waals surface area contributed by atoms with Gasteiger partial charge in [0.05, 0.1) is 5.56 Å². The Labute approximate surface area is 148 Å². The number of nitrogens with one attached hydrogen (secondary N) is 1. The van der Waals surface area contributed by atoms with Crippen LogP contribution in [0, 0.1) is 0 Å². The van der Waals surface area contributed by atoms with Crippen molar-refractivity contribution in [3.05, 3.63) is 16.0 Å². The summed E-state index contributed by atoms with van der Waals surface area (Å²) in [6.07, 6.45) is 3.79. The summed E-state index contributed by atoms with van der Waals surface area (Å²) in [6, 6.07) is 0. The number of carbonyl (C=O) groups excluding carboxylic acids is 4. The second kappa shape index (κ2) is 7.22. The maximum absolute atomic E-state index is 12.0. The SMILES string of the molecule is NC(=O)c1c(NC(=O)COC(=O)CN2CCCC2=O)sc2c1CCC2. The maximum Gasteiger partial charge on any atom is 0.326 e. The lowest BCUT2D eigenvalue weighted by atomic mass is 10.1. The van der Waals surface area contributed by atoms with Crippen molar-refractivity contribution in [2.45, 2.75) is 32.1 Å². The van der Waals surface area contributed by atoms with Crippen molar-refractivity contribution < 1.29 is 23.9 Å². The number of nitrogens with zero attached hydrogens (tertiary/aromatic N) is 1. The Kier molecular flexibility index (Phi) is 5.03. The highest BCUT2D eigenvalue weighted by molar-refractivity contribution is 7.17. The van der Waals surface area contributed by atoms with Crippen LogP contribution >= 0.6 is 11.3 Å². The van der Waals surface area contributed by atoms with Gasteiger partial charge in [0.2, 0.25) is 5.91 Å². The summed E-state index contributed by atoms with van der Waals surface area (Å²) in [5, 5.41) is 3.01. The second-order valence-electron chi connectivity index (χ2n) is 6.05. The molecule has 25 heavy (non-hydrogen) atoms. The van der Waals surface area contributed by atoms with Gasteiger partial charge in [-0.25, -0.2) is 0 Å². The molecule has 134 valence electrons. The molecule has 3 rings (SSSR count). The van der Waals surface area contributed by atoms with Gasteiger partial charge in [-0.3, -0.25) is 19.2 Å². The van der Waals surface area contributed by atoms with Crippen molar-refractivity contribution >= 4 is 40.0 Å². The average Bonchev–Trinajstić information content (AvgIpc) is 3.22. The summed E-state index contributed by atoms with van der Waals surface area (Å²) in [5.74, 6) is -1.82. The van der Waals surface area contributed by atoms with Crippen LogP contribution in [-0.4, -0.2) is 48.3 Å². The number of aryl methyl sites for hydroxylation is 1. The number of hydrogen-bond donors (Lipinski definition) is 2. The molecule has 8 nitrogen and oxygen atoms in total.